The highest BCUT2D eigenvalue weighted by Crippen LogP contribution is 2.33. The van der Waals surface area contributed by atoms with E-state index in [1.165, 1.54) is 19.4 Å². The number of alkyl carbamates (subject to hydrolysis) is 1. The minimum absolute atomic E-state index is 0.255. The molecule has 4 heteroatoms. The summed E-state index contributed by atoms with van der Waals surface area (Å²) in [5, 5.41) is 3.01. The van der Waals surface area contributed by atoms with Gasteiger partial charge in [-0.25, -0.2) is 4.79 Å². The van der Waals surface area contributed by atoms with E-state index in [0.29, 0.717) is 18.4 Å². The maximum atomic E-state index is 11.5. The van der Waals surface area contributed by atoms with Crippen LogP contribution in [0.15, 0.2) is 0 Å². The Morgan fingerprint density at radius 3 is 2.67 bits per heavy atom. The Hall–Kier alpha value is -0.770. The monoisotopic (exact) mass is 254 g/mol. The van der Waals surface area contributed by atoms with Gasteiger partial charge in [-0.2, -0.15) is 0 Å². The molecule has 104 valence electrons. The number of ether oxygens (including phenoxy) is 1. The summed E-state index contributed by atoms with van der Waals surface area (Å²) in [5.41, 5.74) is 0. The molecular formula is C14H26N2O2. The molecule has 1 saturated carbocycles. The summed E-state index contributed by atoms with van der Waals surface area (Å²) in [4.78, 5) is 14.1. The van der Waals surface area contributed by atoms with Crippen molar-refractivity contribution in [1.82, 2.24) is 10.2 Å². The SMILES string of the molecule is CCOC(=O)NC1CC(C(C)C)CN(C2CC2)C1. The molecule has 4 nitrogen and oxygen atoms in total. The van der Waals surface area contributed by atoms with Crippen LogP contribution in [-0.2, 0) is 4.74 Å². The number of rotatable bonds is 4. The van der Waals surface area contributed by atoms with E-state index in [-0.39, 0.29) is 12.1 Å². The second-order valence-corrected chi connectivity index (χ2v) is 5.99. The molecule has 0 bridgehead atoms. The number of piperidine rings is 1. The van der Waals surface area contributed by atoms with Crippen LogP contribution in [0.1, 0.15) is 40.0 Å². The van der Waals surface area contributed by atoms with Crippen LogP contribution in [0.25, 0.3) is 0 Å². The highest BCUT2D eigenvalue weighted by atomic mass is 16.5. The number of likely N-dealkylation sites (tertiary alicyclic amines) is 1. The van der Waals surface area contributed by atoms with E-state index in [1.54, 1.807) is 0 Å². The zero-order chi connectivity index (χ0) is 13.1. The average Bonchev–Trinajstić information content (AvgIpc) is 3.12. The van der Waals surface area contributed by atoms with Gasteiger partial charge in [-0.05, 0) is 38.0 Å². The van der Waals surface area contributed by atoms with E-state index in [1.807, 2.05) is 6.92 Å². The summed E-state index contributed by atoms with van der Waals surface area (Å²) >= 11 is 0. The maximum absolute atomic E-state index is 11.5. The standard InChI is InChI=1S/C14H26N2O2/c1-4-18-14(17)15-12-7-11(10(2)3)8-16(9-12)13-5-6-13/h10-13H,4-9H2,1-3H3,(H,15,17). The molecule has 1 aliphatic heterocycles. The first kappa shape index (κ1) is 13.7. The lowest BCUT2D eigenvalue weighted by atomic mass is 9.85. The summed E-state index contributed by atoms with van der Waals surface area (Å²) in [6.45, 7) is 9.04. The Labute approximate surface area is 110 Å². The highest BCUT2D eigenvalue weighted by molar-refractivity contribution is 5.67. The molecule has 1 amide bonds. The lowest BCUT2D eigenvalue weighted by Gasteiger charge is -2.39. The van der Waals surface area contributed by atoms with E-state index in [0.717, 1.165) is 19.0 Å². The maximum Gasteiger partial charge on any atom is 0.407 e. The fraction of sp³-hybridized carbons (Fsp3) is 0.929. The first-order chi connectivity index (χ1) is 8.60. The summed E-state index contributed by atoms with van der Waals surface area (Å²) in [6.07, 6.45) is 3.48. The van der Waals surface area contributed by atoms with Gasteiger partial charge >= 0.3 is 6.09 Å². The normalized spacial score (nSPS) is 29.3. The van der Waals surface area contributed by atoms with Crippen molar-refractivity contribution in [1.29, 1.82) is 0 Å². The molecule has 18 heavy (non-hydrogen) atoms. The number of carbonyl (C=O) groups is 1. The van der Waals surface area contributed by atoms with Crippen molar-refractivity contribution in [2.24, 2.45) is 11.8 Å². The lowest BCUT2D eigenvalue weighted by molar-refractivity contribution is 0.0976. The topological polar surface area (TPSA) is 41.6 Å². The first-order valence-corrected chi connectivity index (χ1v) is 7.27. The van der Waals surface area contributed by atoms with Crippen molar-refractivity contribution in [3.05, 3.63) is 0 Å². The molecule has 0 aromatic heterocycles. The first-order valence-electron chi connectivity index (χ1n) is 7.27. The van der Waals surface area contributed by atoms with Crippen molar-refractivity contribution in [3.63, 3.8) is 0 Å². The number of amides is 1. The van der Waals surface area contributed by atoms with Gasteiger partial charge in [0.25, 0.3) is 0 Å². The Bertz CT molecular complexity index is 280. The number of hydrogen-bond donors (Lipinski definition) is 1. The molecule has 2 rings (SSSR count). The van der Waals surface area contributed by atoms with Gasteiger partial charge < -0.3 is 10.1 Å². The Morgan fingerprint density at radius 2 is 2.11 bits per heavy atom. The van der Waals surface area contributed by atoms with Crippen molar-refractivity contribution in [2.45, 2.75) is 52.1 Å². The number of hydrogen-bond acceptors (Lipinski definition) is 3. The van der Waals surface area contributed by atoms with Gasteiger partial charge in [-0.3, -0.25) is 4.90 Å². The van der Waals surface area contributed by atoms with Crippen LogP contribution >= 0.6 is 0 Å². The van der Waals surface area contributed by atoms with Gasteiger partial charge in [-0.15, -0.1) is 0 Å². The predicted octanol–water partition coefficient (Wildman–Crippen LogP) is 2.24. The average molecular weight is 254 g/mol. The van der Waals surface area contributed by atoms with Crippen LogP contribution in [0.3, 0.4) is 0 Å². The minimum atomic E-state index is -0.261. The quantitative estimate of drug-likeness (QED) is 0.836. The summed E-state index contributed by atoms with van der Waals surface area (Å²) in [5.74, 6) is 1.37. The molecule has 0 radical (unpaired) electrons. The molecule has 0 aromatic carbocycles. The van der Waals surface area contributed by atoms with Crippen LogP contribution in [0.5, 0.6) is 0 Å². The highest BCUT2D eigenvalue weighted by Gasteiger charge is 2.37. The molecular weight excluding hydrogens is 228 g/mol. The van der Waals surface area contributed by atoms with Crippen molar-refractivity contribution in [3.8, 4) is 0 Å². The van der Waals surface area contributed by atoms with Crippen LogP contribution in [0, 0.1) is 11.8 Å². The lowest BCUT2D eigenvalue weighted by Crippen LogP contribution is -2.52. The molecule has 1 N–H and O–H groups in total. The third-order valence-corrected chi connectivity index (χ3v) is 4.11. The summed E-state index contributed by atoms with van der Waals surface area (Å²) < 4.78 is 4.98. The smallest absolute Gasteiger partial charge is 0.407 e. The fourth-order valence-corrected chi connectivity index (χ4v) is 2.84. The Kier molecular flexibility index (Phi) is 4.49. The van der Waals surface area contributed by atoms with Crippen molar-refractivity contribution >= 4 is 6.09 Å². The van der Waals surface area contributed by atoms with E-state index in [9.17, 15) is 4.79 Å². The molecule has 0 spiro atoms. The number of carbonyl (C=O) groups excluding carboxylic acids is 1. The van der Waals surface area contributed by atoms with Gasteiger partial charge in [0.15, 0.2) is 0 Å². The predicted molar refractivity (Wildman–Crippen MR) is 71.5 cm³/mol. The summed E-state index contributed by atoms with van der Waals surface area (Å²) in [6, 6.07) is 1.03. The van der Waals surface area contributed by atoms with E-state index in [2.05, 4.69) is 24.1 Å². The van der Waals surface area contributed by atoms with Gasteiger partial charge in [-0.1, -0.05) is 13.8 Å². The van der Waals surface area contributed by atoms with E-state index < -0.39 is 0 Å². The van der Waals surface area contributed by atoms with E-state index >= 15 is 0 Å². The number of nitrogens with one attached hydrogen (secondary N) is 1. The van der Waals surface area contributed by atoms with Gasteiger partial charge in [0.1, 0.15) is 0 Å². The van der Waals surface area contributed by atoms with Gasteiger partial charge in [0.2, 0.25) is 0 Å². The van der Waals surface area contributed by atoms with E-state index in [4.69, 9.17) is 4.74 Å². The molecule has 2 atom stereocenters. The summed E-state index contributed by atoms with van der Waals surface area (Å²) in [7, 11) is 0. The number of nitrogens with zero attached hydrogens (tertiary/aromatic N) is 1. The van der Waals surface area contributed by atoms with Crippen LogP contribution in [-0.4, -0.2) is 42.8 Å². The van der Waals surface area contributed by atoms with Crippen LogP contribution in [0.4, 0.5) is 4.79 Å². The second kappa shape index (κ2) is 5.91. The zero-order valence-corrected chi connectivity index (χ0v) is 11.8. The molecule has 1 saturated heterocycles. The molecule has 0 aromatic rings. The molecule has 2 aliphatic rings. The van der Waals surface area contributed by atoms with Gasteiger partial charge in [0, 0.05) is 25.2 Å². The zero-order valence-electron chi connectivity index (χ0n) is 11.8. The van der Waals surface area contributed by atoms with Crippen LogP contribution in [0.2, 0.25) is 0 Å². The molecule has 2 unspecified atom stereocenters. The molecule has 1 aliphatic carbocycles. The Balaban J connectivity index is 1.89. The molecule has 2 fully saturated rings. The fourth-order valence-electron chi connectivity index (χ4n) is 2.84. The third-order valence-electron chi connectivity index (χ3n) is 4.11. The van der Waals surface area contributed by atoms with Crippen LogP contribution < -0.4 is 5.32 Å². The minimum Gasteiger partial charge on any atom is -0.450 e. The second-order valence-electron chi connectivity index (χ2n) is 5.99. The largest absolute Gasteiger partial charge is 0.450 e. The Morgan fingerprint density at radius 1 is 1.39 bits per heavy atom. The van der Waals surface area contributed by atoms with Gasteiger partial charge in [0.05, 0.1) is 6.61 Å². The van der Waals surface area contributed by atoms with Crippen molar-refractivity contribution < 1.29 is 9.53 Å². The molecule has 1 heterocycles. The third kappa shape index (κ3) is 3.61. The van der Waals surface area contributed by atoms with Crippen molar-refractivity contribution in [2.75, 3.05) is 19.7 Å².